The molecule has 1 saturated heterocycles. The third-order valence-electron chi connectivity index (χ3n) is 5.86. The Labute approximate surface area is 185 Å². The molecule has 0 aromatic heterocycles. The van der Waals surface area contributed by atoms with E-state index in [1.54, 1.807) is 17.0 Å². The van der Waals surface area contributed by atoms with Gasteiger partial charge in [0, 0.05) is 32.7 Å². The second-order valence-electron chi connectivity index (χ2n) is 8.39. The number of rotatable bonds is 7. The largest absolute Gasteiger partial charge is 0.373 e. The Kier molecular flexibility index (Phi) is 8.04. The highest BCUT2D eigenvalue weighted by molar-refractivity contribution is 5.74. The molecule has 0 spiro atoms. The number of carbonyl (C=O) groups is 1. The molecule has 6 heteroatoms. The van der Waals surface area contributed by atoms with E-state index in [0.717, 1.165) is 30.8 Å². The summed E-state index contributed by atoms with van der Waals surface area (Å²) in [5, 5.41) is 3.08. The lowest BCUT2D eigenvalue weighted by molar-refractivity contribution is -0.0705. The fourth-order valence-corrected chi connectivity index (χ4v) is 4.33. The second-order valence-corrected chi connectivity index (χ2v) is 8.39. The quantitative estimate of drug-likeness (QED) is 0.695. The van der Waals surface area contributed by atoms with Crippen LogP contribution in [-0.4, -0.2) is 47.7 Å². The van der Waals surface area contributed by atoms with Crippen molar-refractivity contribution < 1.29 is 13.9 Å². The van der Waals surface area contributed by atoms with Crippen LogP contribution < -0.4 is 5.32 Å². The van der Waals surface area contributed by atoms with E-state index in [2.05, 4.69) is 36.2 Å². The Hall–Kier alpha value is -2.44. The lowest BCUT2D eigenvalue weighted by Gasteiger charge is -2.35. The van der Waals surface area contributed by atoms with Crippen molar-refractivity contribution in [2.24, 2.45) is 0 Å². The van der Waals surface area contributed by atoms with Gasteiger partial charge in [0.2, 0.25) is 0 Å². The Balaban J connectivity index is 1.63. The number of hydrogen-bond acceptors (Lipinski definition) is 3. The van der Waals surface area contributed by atoms with Gasteiger partial charge in [-0.25, -0.2) is 9.18 Å². The topological polar surface area (TPSA) is 44.8 Å². The Morgan fingerprint density at radius 3 is 2.35 bits per heavy atom. The van der Waals surface area contributed by atoms with Crippen molar-refractivity contribution in [3.63, 3.8) is 0 Å². The number of nitrogens with one attached hydrogen (secondary N) is 1. The summed E-state index contributed by atoms with van der Waals surface area (Å²) in [5.41, 5.74) is 3.25. The van der Waals surface area contributed by atoms with Gasteiger partial charge in [0.15, 0.2) is 0 Å². The molecule has 31 heavy (non-hydrogen) atoms. The van der Waals surface area contributed by atoms with Crippen molar-refractivity contribution in [3.05, 3.63) is 71.0 Å². The van der Waals surface area contributed by atoms with Crippen LogP contribution in [0.15, 0.2) is 48.5 Å². The Morgan fingerprint density at radius 2 is 1.74 bits per heavy atom. The van der Waals surface area contributed by atoms with Gasteiger partial charge in [0.1, 0.15) is 5.82 Å². The third kappa shape index (κ3) is 6.28. The van der Waals surface area contributed by atoms with Crippen LogP contribution in [0.3, 0.4) is 0 Å². The molecule has 1 aliphatic heterocycles. The number of urea groups is 1. The van der Waals surface area contributed by atoms with E-state index in [1.165, 1.54) is 17.7 Å². The maximum atomic E-state index is 13.2. The zero-order valence-electron chi connectivity index (χ0n) is 19.0. The van der Waals surface area contributed by atoms with Gasteiger partial charge in [0.25, 0.3) is 0 Å². The van der Waals surface area contributed by atoms with Crippen LogP contribution in [0.1, 0.15) is 50.4 Å². The van der Waals surface area contributed by atoms with Gasteiger partial charge in [-0.1, -0.05) is 36.4 Å². The summed E-state index contributed by atoms with van der Waals surface area (Å²) < 4.78 is 19.1. The second kappa shape index (κ2) is 10.7. The van der Waals surface area contributed by atoms with Gasteiger partial charge in [-0.2, -0.15) is 0 Å². The minimum absolute atomic E-state index is 0.122. The van der Waals surface area contributed by atoms with Crippen molar-refractivity contribution in [3.8, 4) is 0 Å². The highest BCUT2D eigenvalue weighted by Gasteiger charge is 2.23. The molecule has 0 saturated carbocycles. The van der Waals surface area contributed by atoms with Gasteiger partial charge < -0.3 is 15.0 Å². The molecule has 0 radical (unpaired) electrons. The van der Waals surface area contributed by atoms with E-state index >= 15 is 0 Å². The molecule has 2 aromatic carbocycles. The molecule has 0 aliphatic carbocycles. The van der Waals surface area contributed by atoms with Crippen molar-refractivity contribution >= 4 is 6.03 Å². The molecular weight excluding hydrogens is 393 g/mol. The van der Waals surface area contributed by atoms with E-state index in [9.17, 15) is 9.18 Å². The van der Waals surface area contributed by atoms with E-state index in [0.29, 0.717) is 13.1 Å². The van der Waals surface area contributed by atoms with Crippen LogP contribution >= 0.6 is 0 Å². The van der Waals surface area contributed by atoms with E-state index in [1.807, 2.05) is 26.0 Å². The van der Waals surface area contributed by atoms with Crippen LogP contribution in [0.4, 0.5) is 9.18 Å². The molecule has 2 amide bonds. The summed E-state index contributed by atoms with van der Waals surface area (Å²) in [7, 11) is 0. The number of halogens is 1. The monoisotopic (exact) mass is 427 g/mol. The molecule has 5 nitrogen and oxygen atoms in total. The number of carbonyl (C=O) groups excluding carboxylic acids is 1. The van der Waals surface area contributed by atoms with Gasteiger partial charge in [-0.15, -0.1) is 0 Å². The molecule has 1 fully saturated rings. The number of amides is 2. The zero-order valence-corrected chi connectivity index (χ0v) is 19.0. The van der Waals surface area contributed by atoms with Crippen LogP contribution in [0.25, 0.3) is 0 Å². The average molecular weight is 428 g/mol. The molecule has 1 N–H and O–H groups in total. The summed E-state index contributed by atoms with van der Waals surface area (Å²) >= 11 is 0. The highest BCUT2D eigenvalue weighted by atomic mass is 19.1. The molecule has 3 atom stereocenters. The van der Waals surface area contributed by atoms with Crippen molar-refractivity contribution in [1.29, 1.82) is 0 Å². The van der Waals surface area contributed by atoms with E-state index in [4.69, 9.17) is 4.74 Å². The maximum Gasteiger partial charge on any atom is 0.318 e. The van der Waals surface area contributed by atoms with Crippen molar-refractivity contribution in [2.75, 3.05) is 19.6 Å². The van der Waals surface area contributed by atoms with Crippen LogP contribution in [0, 0.1) is 5.82 Å². The fourth-order valence-electron chi connectivity index (χ4n) is 4.33. The molecule has 2 aromatic rings. The summed E-state index contributed by atoms with van der Waals surface area (Å²) in [4.78, 5) is 17.1. The molecule has 1 aliphatic rings. The number of ether oxygens (including phenoxy) is 1. The Bertz CT molecular complexity index is 848. The number of benzene rings is 2. The first kappa shape index (κ1) is 23.2. The number of morpholine rings is 1. The number of nitrogens with zero attached hydrogens (tertiary/aromatic N) is 2. The fraction of sp³-hybridized carbons (Fsp3) is 0.480. The summed E-state index contributed by atoms with van der Waals surface area (Å²) in [6, 6.07) is 14.3. The lowest BCUT2D eigenvalue weighted by Crippen LogP contribution is -2.45. The minimum Gasteiger partial charge on any atom is -0.373 e. The highest BCUT2D eigenvalue weighted by Crippen LogP contribution is 2.21. The van der Waals surface area contributed by atoms with E-state index in [-0.39, 0.29) is 30.1 Å². The van der Waals surface area contributed by atoms with Crippen LogP contribution in [-0.2, 0) is 17.8 Å². The normalized spacial score (nSPS) is 20.3. The molecule has 168 valence electrons. The summed E-state index contributed by atoms with van der Waals surface area (Å²) in [6.07, 6.45) is 0.448. The van der Waals surface area contributed by atoms with Crippen LogP contribution in [0.2, 0.25) is 0 Å². The first-order chi connectivity index (χ1) is 14.9. The zero-order chi connectivity index (χ0) is 22.4. The van der Waals surface area contributed by atoms with Crippen LogP contribution in [0.5, 0.6) is 0 Å². The van der Waals surface area contributed by atoms with Gasteiger partial charge in [0.05, 0.1) is 18.2 Å². The predicted molar refractivity (Wildman–Crippen MR) is 121 cm³/mol. The number of hydrogen-bond donors (Lipinski definition) is 1. The summed E-state index contributed by atoms with van der Waals surface area (Å²) in [6.45, 7) is 11.8. The lowest BCUT2D eigenvalue weighted by atomic mass is 10.1. The van der Waals surface area contributed by atoms with Gasteiger partial charge in [-0.05, 0) is 56.5 Å². The smallest absolute Gasteiger partial charge is 0.318 e. The molecule has 0 bridgehead atoms. The SMILES string of the molecule is CCN(C(=O)NCc1ccccc1CN1C[C@H](C)O[C@@H](C)C1)[C@@H](C)c1ccc(F)cc1. The van der Waals surface area contributed by atoms with Crippen molar-refractivity contribution in [2.45, 2.75) is 59.0 Å². The molecule has 1 heterocycles. The first-order valence-electron chi connectivity index (χ1n) is 11.1. The van der Waals surface area contributed by atoms with Crippen molar-refractivity contribution in [1.82, 2.24) is 15.1 Å². The minimum atomic E-state index is -0.274. The molecular formula is C25H34FN3O2. The third-order valence-corrected chi connectivity index (χ3v) is 5.86. The van der Waals surface area contributed by atoms with Gasteiger partial charge >= 0.3 is 6.03 Å². The van der Waals surface area contributed by atoms with E-state index < -0.39 is 0 Å². The average Bonchev–Trinajstić information content (AvgIpc) is 2.73. The first-order valence-corrected chi connectivity index (χ1v) is 11.1. The predicted octanol–water partition coefficient (Wildman–Crippen LogP) is 4.73. The molecule has 0 unspecified atom stereocenters. The Morgan fingerprint density at radius 1 is 1.13 bits per heavy atom. The molecule has 3 rings (SSSR count). The van der Waals surface area contributed by atoms with Gasteiger partial charge in [-0.3, -0.25) is 4.90 Å². The summed E-state index contributed by atoms with van der Waals surface area (Å²) in [5.74, 6) is -0.274. The maximum absolute atomic E-state index is 13.2. The standard InChI is InChI=1S/C25H34FN3O2/c1-5-29(20(4)21-10-12-24(26)13-11-21)25(30)27-14-22-8-6-7-9-23(22)17-28-15-18(2)31-19(3)16-28/h6-13,18-20H,5,14-17H2,1-4H3,(H,27,30)/t18-,19-,20-/m0/s1.